The molecule has 4 N–H and O–H groups in total. The molecule has 2 aromatic carbocycles. The van der Waals surface area contributed by atoms with Crippen molar-refractivity contribution in [3.8, 4) is 5.88 Å². The molecule has 10 nitrogen and oxygen atoms in total. The average Bonchev–Trinajstić information content (AvgIpc) is 3.42. The number of fused-ring (bicyclic) bond motifs is 1. The summed E-state index contributed by atoms with van der Waals surface area (Å²) in [5.41, 5.74) is 4.50. The van der Waals surface area contributed by atoms with E-state index in [1.54, 1.807) is 24.3 Å². The fourth-order valence-corrected chi connectivity index (χ4v) is 5.01. The van der Waals surface area contributed by atoms with E-state index in [0.717, 1.165) is 42.0 Å². The maximum absolute atomic E-state index is 13.0. The van der Waals surface area contributed by atoms with Crippen LogP contribution in [0.2, 0.25) is 0 Å². The molecule has 0 saturated carbocycles. The van der Waals surface area contributed by atoms with E-state index < -0.39 is 0 Å². The molecular formula is C33H39N7O3. The number of nitrogens with zero attached hydrogens (tertiary/aromatic N) is 3. The van der Waals surface area contributed by atoms with E-state index in [1.165, 1.54) is 6.08 Å². The van der Waals surface area contributed by atoms with Crippen LogP contribution in [-0.4, -0.2) is 44.6 Å². The van der Waals surface area contributed by atoms with Gasteiger partial charge in [0.25, 0.3) is 5.91 Å². The molecule has 4 aromatic rings. The molecule has 5 rings (SSSR count). The number of benzene rings is 2. The first kappa shape index (κ1) is 29.8. The summed E-state index contributed by atoms with van der Waals surface area (Å²) >= 11 is 0. The standard InChI is InChI=1S/C33H39N7O3/c1-6-29(41)37-25-12-8-10-23(16-25)32(42)38-24-11-7-9-22(15-24)18-34-28-17-30(43-26-13-14-33(4,5)35-19-26)39-31-27(21(2)3)20-36-40(28)31/h6-12,15-17,20-21,26,34-35H,1,13-14,18-19H2,2-5H3,(H,37,41)(H,38,42)/t26-/m1/s1. The Labute approximate surface area is 251 Å². The minimum Gasteiger partial charge on any atom is -0.473 e. The first-order valence-corrected chi connectivity index (χ1v) is 14.6. The van der Waals surface area contributed by atoms with Crippen LogP contribution < -0.4 is 26.0 Å². The predicted octanol–water partition coefficient (Wildman–Crippen LogP) is 5.75. The second kappa shape index (κ2) is 12.7. The SMILES string of the molecule is C=CC(=O)Nc1cccc(C(=O)Nc2cccc(CNc3cc(O[C@@H]4CCC(C)(C)NC4)nc4c(C(C)C)cnn34)c2)c1. The van der Waals surface area contributed by atoms with Gasteiger partial charge in [-0.05, 0) is 74.6 Å². The molecule has 1 fully saturated rings. The largest absolute Gasteiger partial charge is 0.473 e. The number of carbonyl (C=O) groups excluding carboxylic acids is 2. The van der Waals surface area contributed by atoms with Crippen molar-refractivity contribution in [2.45, 2.75) is 64.6 Å². The number of nitrogens with one attached hydrogen (secondary N) is 4. The van der Waals surface area contributed by atoms with Crippen LogP contribution in [0, 0.1) is 0 Å². The fourth-order valence-electron chi connectivity index (χ4n) is 5.01. The third kappa shape index (κ3) is 7.39. The van der Waals surface area contributed by atoms with Crippen molar-refractivity contribution in [3.63, 3.8) is 0 Å². The molecule has 0 unspecified atom stereocenters. The highest BCUT2D eigenvalue weighted by Gasteiger charge is 2.27. The van der Waals surface area contributed by atoms with Crippen LogP contribution >= 0.6 is 0 Å². The third-order valence-electron chi connectivity index (χ3n) is 7.52. The Morgan fingerprint density at radius 3 is 2.63 bits per heavy atom. The van der Waals surface area contributed by atoms with Crippen molar-refractivity contribution in [2.24, 2.45) is 0 Å². The van der Waals surface area contributed by atoms with Crippen LogP contribution in [0.3, 0.4) is 0 Å². The van der Waals surface area contributed by atoms with Gasteiger partial charge in [-0.3, -0.25) is 9.59 Å². The summed E-state index contributed by atoms with van der Waals surface area (Å²) in [4.78, 5) is 29.4. The second-order valence-corrected chi connectivity index (χ2v) is 11.8. The number of rotatable bonds is 10. The molecular weight excluding hydrogens is 542 g/mol. The number of amides is 2. The van der Waals surface area contributed by atoms with Gasteiger partial charge in [0.15, 0.2) is 5.65 Å². The zero-order valence-electron chi connectivity index (χ0n) is 25.1. The maximum Gasteiger partial charge on any atom is 0.255 e. The van der Waals surface area contributed by atoms with Crippen molar-refractivity contribution in [1.29, 1.82) is 0 Å². The monoisotopic (exact) mass is 581 g/mol. The Balaban J connectivity index is 1.31. The van der Waals surface area contributed by atoms with Gasteiger partial charge in [-0.1, -0.05) is 38.6 Å². The minimum atomic E-state index is -0.339. The smallest absolute Gasteiger partial charge is 0.255 e. The molecule has 2 amide bonds. The lowest BCUT2D eigenvalue weighted by Crippen LogP contribution is -2.50. The number of anilines is 3. The van der Waals surface area contributed by atoms with E-state index in [0.29, 0.717) is 29.4 Å². The summed E-state index contributed by atoms with van der Waals surface area (Å²) in [7, 11) is 0. The van der Waals surface area contributed by atoms with Crippen molar-refractivity contribution in [1.82, 2.24) is 19.9 Å². The Morgan fingerprint density at radius 1 is 1.14 bits per heavy atom. The zero-order valence-corrected chi connectivity index (χ0v) is 25.1. The lowest BCUT2D eigenvalue weighted by atomic mass is 9.92. The molecule has 0 radical (unpaired) electrons. The fraction of sp³-hybridized carbons (Fsp3) is 0.333. The Morgan fingerprint density at radius 2 is 1.91 bits per heavy atom. The molecule has 1 aliphatic rings. The molecule has 1 aliphatic heterocycles. The molecule has 2 aromatic heterocycles. The summed E-state index contributed by atoms with van der Waals surface area (Å²) in [6.45, 7) is 13.4. The van der Waals surface area contributed by atoms with Gasteiger partial charge in [0, 0.05) is 47.2 Å². The predicted molar refractivity (Wildman–Crippen MR) is 170 cm³/mol. The van der Waals surface area contributed by atoms with Crippen LogP contribution in [0.4, 0.5) is 17.2 Å². The van der Waals surface area contributed by atoms with Gasteiger partial charge in [0.2, 0.25) is 11.8 Å². The highest BCUT2D eigenvalue weighted by Crippen LogP contribution is 2.28. The number of carbonyl (C=O) groups is 2. The van der Waals surface area contributed by atoms with E-state index in [1.807, 2.05) is 41.0 Å². The normalized spacial score (nSPS) is 16.1. The van der Waals surface area contributed by atoms with Crippen molar-refractivity contribution >= 4 is 34.7 Å². The van der Waals surface area contributed by atoms with E-state index >= 15 is 0 Å². The highest BCUT2D eigenvalue weighted by atomic mass is 16.5. The summed E-state index contributed by atoms with van der Waals surface area (Å²) in [5, 5.41) is 17.3. The molecule has 1 saturated heterocycles. The Hall–Kier alpha value is -4.70. The number of hydrogen-bond acceptors (Lipinski definition) is 7. The van der Waals surface area contributed by atoms with Gasteiger partial charge in [0.1, 0.15) is 11.9 Å². The van der Waals surface area contributed by atoms with Gasteiger partial charge in [-0.2, -0.15) is 14.6 Å². The second-order valence-electron chi connectivity index (χ2n) is 11.8. The molecule has 0 bridgehead atoms. The lowest BCUT2D eigenvalue weighted by Gasteiger charge is -2.35. The Bertz CT molecular complexity index is 1630. The quantitative estimate of drug-likeness (QED) is 0.176. The number of hydrogen-bond donors (Lipinski definition) is 4. The minimum absolute atomic E-state index is 0.0421. The zero-order chi connectivity index (χ0) is 30.6. The van der Waals surface area contributed by atoms with Gasteiger partial charge >= 0.3 is 0 Å². The third-order valence-corrected chi connectivity index (χ3v) is 7.52. The first-order chi connectivity index (χ1) is 20.6. The van der Waals surface area contributed by atoms with Gasteiger partial charge in [0.05, 0.1) is 6.20 Å². The van der Waals surface area contributed by atoms with Gasteiger partial charge in [-0.15, -0.1) is 0 Å². The number of ether oxygens (including phenoxy) is 1. The van der Waals surface area contributed by atoms with Crippen LogP contribution in [0.1, 0.15) is 67.9 Å². The molecule has 3 heterocycles. The van der Waals surface area contributed by atoms with Crippen LogP contribution in [0.25, 0.3) is 5.65 Å². The highest BCUT2D eigenvalue weighted by molar-refractivity contribution is 6.06. The molecule has 1 atom stereocenters. The van der Waals surface area contributed by atoms with Gasteiger partial charge < -0.3 is 26.0 Å². The van der Waals surface area contributed by atoms with E-state index in [-0.39, 0.29) is 29.4 Å². The number of aromatic nitrogens is 3. The Kier molecular flexibility index (Phi) is 8.77. The van der Waals surface area contributed by atoms with Crippen molar-refractivity contribution in [2.75, 3.05) is 22.5 Å². The van der Waals surface area contributed by atoms with Crippen LogP contribution in [0.5, 0.6) is 5.88 Å². The van der Waals surface area contributed by atoms with Crippen LogP contribution in [-0.2, 0) is 11.3 Å². The van der Waals surface area contributed by atoms with E-state index in [2.05, 4.69) is 60.6 Å². The van der Waals surface area contributed by atoms with E-state index in [9.17, 15) is 9.59 Å². The van der Waals surface area contributed by atoms with E-state index in [4.69, 9.17) is 9.72 Å². The summed E-state index contributed by atoms with van der Waals surface area (Å²) in [6, 6.07) is 16.3. The first-order valence-electron chi connectivity index (χ1n) is 14.6. The van der Waals surface area contributed by atoms with Crippen molar-refractivity contribution < 1.29 is 14.3 Å². The molecule has 0 spiro atoms. The summed E-state index contributed by atoms with van der Waals surface area (Å²) in [6.07, 6.45) is 5.07. The average molecular weight is 582 g/mol. The maximum atomic E-state index is 13.0. The van der Waals surface area contributed by atoms with Gasteiger partial charge in [-0.25, -0.2) is 0 Å². The summed E-state index contributed by atoms with van der Waals surface area (Å²) in [5.74, 6) is 0.967. The molecule has 43 heavy (non-hydrogen) atoms. The molecule has 224 valence electrons. The lowest BCUT2D eigenvalue weighted by molar-refractivity contribution is -0.111. The van der Waals surface area contributed by atoms with Crippen molar-refractivity contribution in [3.05, 3.63) is 90.1 Å². The summed E-state index contributed by atoms with van der Waals surface area (Å²) < 4.78 is 8.18. The van der Waals surface area contributed by atoms with Crippen LogP contribution in [0.15, 0.2) is 73.4 Å². The number of piperidine rings is 1. The molecule has 0 aliphatic carbocycles. The molecule has 10 heteroatoms. The topological polar surface area (TPSA) is 122 Å².